The molecule has 740 valence electrons. The fourth-order valence-corrected chi connectivity index (χ4v) is 17.3. The van der Waals surface area contributed by atoms with Gasteiger partial charge in [-0.2, -0.15) is 24.2 Å². The number of hydroxylamine groups is 6. The zero-order valence-electron chi connectivity index (χ0n) is 80.4. The van der Waals surface area contributed by atoms with Crippen molar-refractivity contribution < 1.29 is 94.6 Å². The van der Waals surface area contributed by atoms with Gasteiger partial charge in [0.1, 0.15) is 108 Å². The molecule has 4 aliphatic heterocycles. The fraction of sp³-hybridized carbons (Fsp3) is 0.505. The predicted octanol–water partition coefficient (Wildman–Crippen LogP) is 13.2. The number of hydrogen-bond acceptors (Lipinski definition) is 33. The molecule has 3 aromatic carbocycles. The Morgan fingerprint density at radius 3 is 1.04 bits per heavy atom. The topological polar surface area (TPSA) is 432 Å². The molecule has 0 atom stereocenters. The highest BCUT2D eigenvalue weighted by atomic mass is 35.5. The number of hydrogen-bond donors (Lipinski definition) is 4. The smallest absolute Gasteiger partial charge is 0.410 e. The van der Waals surface area contributed by atoms with E-state index in [1.165, 1.54) is 20.4 Å². The molecule has 0 radical (unpaired) electrons. The summed E-state index contributed by atoms with van der Waals surface area (Å²) in [6, 6.07) is 16.3. The minimum absolute atomic E-state index is 0. The van der Waals surface area contributed by atoms with Gasteiger partial charge in [-0.25, -0.2) is 48.2 Å². The van der Waals surface area contributed by atoms with E-state index >= 15 is 0 Å². The second-order valence-electron chi connectivity index (χ2n) is 36.0. The molecular weight excluding hydrogens is 1880 g/mol. The van der Waals surface area contributed by atoms with Crippen LogP contribution >= 0.6 is 47.2 Å². The molecule has 0 aliphatic carbocycles. The molecule has 46 heteroatoms. The molecule has 4 aliphatic rings. The number of quaternary nitrogens is 2. The number of amides is 3. The van der Waals surface area contributed by atoms with E-state index in [9.17, 15) is 33.2 Å². The zero-order valence-corrected chi connectivity index (χ0v) is 84.3. The molecule has 3 amide bonds. The highest BCUT2D eigenvalue weighted by Crippen LogP contribution is 2.46. The number of aryl methyl sites for hydroxylation is 3. The number of anilines is 2. The van der Waals surface area contributed by atoms with Crippen LogP contribution in [0.4, 0.5) is 26.3 Å². The molecule has 12 aromatic rings. The minimum Gasteiger partial charge on any atom is -0.497 e. The molecule has 4 fully saturated rings. The number of nitrogens with one attached hydrogen (secondary N) is 2. The van der Waals surface area contributed by atoms with Crippen molar-refractivity contribution in [1.82, 2.24) is 93.3 Å². The van der Waals surface area contributed by atoms with Crippen molar-refractivity contribution in [3.05, 3.63) is 106 Å². The lowest BCUT2D eigenvalue weighted by Gasteiger charge is -2.38. The van der Waals surface area contributed by atoms with E-state index < -0.39 is 32.7 Å². The van der Waals surface area contributed by atoms with Gasteiger partial charge in [0.25, 0.3) is 0 Å². The van der Waals surface area contributed by atoms with Gasteiger partial charge in [0, 0.05) is 165 Å². The molecule has 4 N–H and O–H groups in total. The largest absolute Gasteiger partial charge is 0.497 e. The second-order valence-corrected chi connectivity index (χ2v) is 39.1. The summed E-state index contributed by atoms with van der Waals surface area (Å²) in [7, 11) is 9.17. The summed E-state index contributed by atoms with van der Waals surface area (Å²) >= 11 is 20.3. The van der Waals surface area contributed by atoms with Gasteiger partial charge < -0.3 is 67.6 Å². The number of ether oxygens (including phenoxy) is 11. The SMILES string of the molecule is C1COCCO1.CNc1ncc2cc(-c3cc(OC)cc(OC)c3Cl)c3nnc(CCCN4CCN(C(=O)OC(C)(C)C)CC4)n3c2n1.CNc1ncc2cc(-c3cc(OC)cc(OC)c3Cl)c3nnc(CCC[N+]4(O)CCN(C(=O)OC(C)(C)C)CC4)n3c2n1.COc1cc(OC)c(Cl)c(-c2cc3cnc(S(C)(=O)=O)nc3n3c(CCC[N+]4(O)CCN(C(=O)OC(C)(C)C)CC4)nnc23)c1.Cl. The molecular formula is C91H121Cl4N23O18S+2. The monoisotopic (exact) mass is 2000 g/mol. The van der Waals surface area contributed by atoms with Crippen molar-refractivity contribution in [1.29, 1.82) is 0 Å². The highest BCUT2D eigenvalue weighted by molar-refractivity contribution is 7.90. The first-order valence-corrected chi connectivity index (χ1v) is 47.6. The third-order valence-corrected chi connectivity index (χ3v) is 24.9. The Morgan fingerprint density at radius 1 is 0.423 bits per heavy atom. The van der Waals surface area contributed by atoms with Crippen LogP contribution in [-0.2, 0) is 52.8 Å². The molecule has 13 heterocycles. The van der Waals surface area contributed by atoms with Crippen LogP contribution in [0.15, 0.2) is 78.3 Å². The number of methoxy groups -OCH3 is 6. The average molecular weight is 2000 g/mol. The van der Waals surface area contributed by atoms with E-state index in [0.29, 0.717) is 245 Å². The third-order valence-electron chi connectivity index (χ3n) is 22.9. The van der Waals surface area contributed by atoms with E-state index in [1.807, 2.05) is 95.4 Å². The normalized spacial score (nSPS) is 15.3. The van der Waals surface area contributed by atoms with Crippen LogP contribution in [-0.4, -0.2) is 344 Å². The van der Waals surface area contributed by atoms with E-state index in [0.717, 1.165) is 86.5 Å². The first kappa shape index (κ1) is 104. The van der Waals surface area contributed by atoms with Crippen LogP contribution in [0.5, 0.6) is 34.5 Å². The van der Waals surface area contributed by atoms with Crippen LogP contribution in [0.3, 0.4) is 0 Å². The van der Waals surface area contributed by atoms with Gasteiger partial charge in [-0.3, -0.25) is 27.9 Å². The summed E-state index contributed by atoms with van der Waals surface area (Å²) in [6.45, 7) is 27.5. The molecule has 41 nitrogen and oxygen atoms in total. The lowest BCUT2D eigenvalue weighted by molar-refractivity contribution is -1.10. The first-order chi connectivity index (χ1) is 64.7. The zero-order chi connectivity index (χ0) is 97.9. The summed E-state index contributed by atoms with van der Waals surface area (Å²) in [5.41, 5.74) is 5.60. The minimum atomic E-state index is -3.71. The van der Waals surface area contributed by atoms with Gasteiger partial charge in [0.05, 0.1) is 110 Å². The van der Waals surface area contributed by atoms with Crippen LogP contribution in [0.25, 0.3) is 83.4 Å². The van der Waals surface area contributed by atoms with Crippen LogP contribution in [0.2, 0.25) is 15.1 Å². The molecule has 0 saturated carbocycles. The molecule has 0 bridgehead atoms. The predicted molar refractivity (Wildman–Crippen MR) is 518 cm³/mol. The summed E-state index contributed by atoms with van der Waals surface area (Å²) in [5, 5.41) is 58.7. The second kappa shape index (κ2) is 44.6. The van der Waals surface area contributed by atoms with Crippen LogP contribution in [0.1, 0.15) is 99.0 Å². The van der Waals surface area contributed by atoms with Crippen LogP contribution in [0, 0.1) is 0 Å². The molecule has 0 unspecified atom stereocenters. The lowest BCUT2D eigenvalue weighted by atomic mass is 10.0. The Kier molecular flexibility index (Phi) is 34.0. The molecule has 0 spiro atoms. The summed E-state index contributed by atoms with van der Waals surface area (Å²) in [4.78, 5) is 71.5. The number of carbonyl (C=O) groups is 3. The Morgan fingerprint density at radius 2 is 0.737 bits per heavy atom. The Balaban J connectivity index is 0.000000178. The van der Waals surface area contributed by atoms with E-state index in [-0.39, 0.29) is 39.0 Å². The lowest BCUT2D eigenvalue weighted by Crippen LogP contribution is -2.59. The summed E-state index contributed by atoms with van der Waals surface area (Å²) in [6.07, 6.45) is 8.61. The number of aromatic nitrogens is 15. The van der Waals surface area contributed by atoms with E-state index in [4.69, 9.17) is 96.9 Å². The Hall–Kier alpha value is -11.4. The quantitative estimate of drug-likeness (QED) is 0.0248. The number of benzene rings is 3. The molecule has 137 heavy (non-hydrogen) atoms. The number of halogens is 4. The number of sulfone groups is 1. The number of piperazine rings is 3. The number of rotatable bonds is 24. The van der Waals surface area contributed by atoms with Crippen molar-refractivity contribution in [3.8, 4) is 67.9 Å². The van der Waals surface area contributed by atoms with E-state index in [2.05, 4.69) is 66.1 Å². The first-order valence-electron chi connectivity index (χ1n) is 44.6. The Labute approximate surface area is 815 Å². The number of nitrogens with zero attached hydrogens (tertiary/aromatic N) is 21. The Bertz CT molecular complexity index is 6420. The molecule has 16 rings (SSSR count). The van der Waals surface area contributed by atoms with Crippen molar-refractivity contribution in [3.63, 3.8) is 0 Å². The van der Waals surface area contributed by atoms with Gasteiger partial charge in [-0.1, -0.05) is 34.8 Å². The van der Waals surface area contributed by atoms with Gasteiger partial charge in [0.2, 0.25) is 26.9 Å². The third kappa shape index (κ3) is 25.4. The van der Waals surface area contributed by atoms with Gasteiger partial charge >= 0.3 is 18.3 Å². The van der Waals surface area contributed by atoms with Gasteiger partial charge in [-0.15, -0.1) is 43.0 Å². The maximum absolute atomic E-state index is 12.5. The maximum atomic E-state index is 12.5. The van der Waals surface area contributed by atoms with Gasteiger partial charge in [0.15, 0.2) is 33.9 Å². The molecule has 9 aromatic heterocycles. The summed E-state index contributed by atoms with van der Waals surface area (Å²) < 4.78 is 89.3. The van der Waals surface area contributed by atoms with Crippen molar-refractivity contribution >= 4 is 137 Å². The van der Waals surface area contributed by atoms with Gasteiger partial charge in [-0.05, 0) is 112 Å². The van der Waals surface area contributed by atoms with E-state index in [1.54, 1.807) is 104 Å². The number of pyridine rings is 3. The van der Waals surface area contributed by atoms with Crippen molar-refractivity contribution in [2.45, 2.75) is 123 Å². The standard InChI is InChI=1S/C29H38ClN8O5.C29H37ClN8O4.C29H37ClN7O7S.C4H8O2.ClH/c1-29(2,3)43-28(39)36-9-12-38(40,13-10-36)11-7-8-23-34-35-26-21(20-15-19(41-5)16-22(42-6)24(20)30)14-18-17-32-27(31-4)33-25(18)37(23)26;1-29(2,3)42-28(39)37-12-10-36(11-13-37)9-7-8-23-34-35-26-21(20-15-19(40-5)16-22(41-6)24(20)30)14-18-17-32-27(31-4)33-25(18)38(23)26;1-29(2,3)44-28(38)35-9-12-37(39,13-10-35)11-7-8-23-33-34-26-21(20-15-19(42-4)16-22(43-5)24(20)30)14-18-17-31-27(45(6,40)41)32-25(18)36(23)26;1-2-6-4-3-5-1;/h14-17,40H,7-13H2,1-6H3,(H,31,32,33);14-17H,7-13H2,1-6H3,(H,31,32,33);14-17,39H,7-13H2,1-6H3;1-4H2;1H/q+1;;+1;;. The number of carbonyl (C=O) groups excluding carboxylic acids is 3. The average Bonchev–Trinajstić information content (AvgIpc) is 1.43. The van der Waals surface area contributed by atoms with Crippen molar-refractivity contribution in [2.75, 3.05) is 198 Å². The highest BCUT2D eigenvalue weighted by Gasteiger charge is 2.39. The van der Waals surface area contributed by atoms with Crippen LogP contribution < -0.4 is 39.1 Å². The fourth-order valence-electron chi connectivity index (χ4n) is 16.0. The van der Waals surface area contributed by atoms with Crippen molar-refractivity contribution in [2.24, 2.45) is 0 Å². The number of fused-ring (bicyclic) bond motifs is 9. The maximum Gasteiger partial charge on any atom is 0.410 e. The summed E-state index contributed by atoms with van der Waals surface area (Å²) in [5.74, 6) is 6.02. The molecule has 4 saturated heterocycles.